The number of rotatable bonds is 3. The third-order valence-electron chi connectivity index (χ3n) is 3.25. The van der Waals surface area contributed by atoms with Crippen LogP contribution in [0.2, 0.25) is 0 Å². The first-order valence-electron chi connectivity index (χ1n) is 5.95. The van der Waals surface area contributed by atoms with Crippen molar-refractivity contribution < 1.29 is 0 Å². The minimum Gasteiger partial charge on any atom is -0.331 e. The van der Waals surface area contributed by atoms with Gasteiger partial charge in [0.05, 0.1) is 11.0 Å². The molecule has 0 aliphatic heterocycles. The van der Waals surface area contributed by atoms with Gasteiger partial charge in [-0.3, -0.25) is 0 Å². The van der Waals surface area contributed by atoms with Crippen LogP contribution in [0.4, 0.5) is 0 Å². The summed E-state index contributed by atoms with van der Waals surface area (Å²) in [4.78, 5) is 5.94. The molecule has 0 bridgehead atoms. The summed E-state index contributed by atoms with van der Waals surface area (Å²) < 4.78 is 2.16. The molecule has 0 aliphatic rings. The van der Waals surface area contributed by atoms with Gasteiger partial charge < -0.3 is 10.3 Å². The Morgan fingerprint density at radius 2 is 2.11 bits per heavy atom. The molecule has 2 heterocycles. The number of para-hydroxylation sites is 2. The van der Waals surface area contributed by atoms with Gasteiger partial charge in [0.15, 0.2) is 0 Å². The van der Waals surface area contributed by atoms with Gasteiger partial charge in [0, 0.05) is 24.9 Å². The summed E-state index contributed by atoms with van der Waals surface area (Å²) >= 11 is 1.72. The lowest BCUT2D eigenvalue weighted by molar-refractivity contribution is 0.841. The zero-order valence-electron chi connectivity index (χ0n) is 10.3. The van der Waals surface area contributed by atoms with Crippen LogP contribution in [0.15, 0.2) is 35.7 Å². The molecule has 0 saturated carbocycles. The highest BCUT2D eigenvalue weighted by atomic mass is 32.1. The van der Waals surface area contributed by atoms with E-state index in [9.17, 15) is 0 Å². The molecule has 3 nitrogen and oxygen atoms in total. The largest absolute Gasteiger partial charge is 0.331 e. The molecule has 0 aliphatic carbocycles. The summed E-state index contributed by atoms with van der Waals surface area (Å²) in [6, 6.07) is 10.4. The average molecular weight is 257 g/mol. The first kappa shape index (κ1) is 11.4. The topological polar surface area (TPSA) is 43.8 Å². The monoisotopic (exact) mass is 257 g/mol. The molecule has 0 unspecified atom stereocenters. The number of nitrogens with two attached hydrogens (primary N) is 1. The van der Waals surface area contributed by atoms with Gasteiger partial charge in [-0.05, 0) is 29.1 Å². The normalized spacial score (nSPS) is 11.2. The molecule has 4 heteroatoms. The zero-order valence-corrected chi connectivity index (χ0v) is 11.1. The maximum Gasteiger partial charge on any atom is 0.114 e. The maximum atomic E-state index is 5.75. The highest BCUT2D eigenvalue weighted by Gasteiger charge is 2.10. The molecule has 0 spiro atoms. The standard InChI is InChI=1S/C14H15N3S/c1-17-12-5-3-2-4-11(12)16-14(17)8-10-6-7-18-13(10)9-15/h2-7H,8-9,15H2,1H3. The lowest BCUT2D eigenvalue weighted by Gasteiger charge is -2.03. The van der Waals surface area contributed by atoms with E-state index in [0.29, 0.717) is 6.54 Å². The minimum absolute atomic E-state index is 0.608. The minimum atomic E-state index is 0.608. The van der Waals surface area contributed by atoms with Crippen molar-refractivity contribution in [2.75, 3.05) is 0 Å². The lowest BCUT2D eigenvalue weighted by atomic mass is 10.2. The highest BCUT2D eigenvalue weighted by molar-refractivity contribution is 7.10. The summed E-state index contributed by atoms with van der Waals surface area (Å²) in [5, 5.41) is 2.10. The second-order valence-electron chi connectivity index (χ2n) is 4.33. The first-order valence-corrected chi connectivity index (χ1v) is 6.83. The van der Waals surface area contributed by atoms with Crippen molar-refractivity contribution in [2.45, 2.75) is 13.0 Å². The van der Waals surface area contributed by atoms with Crippen molar-refractivity contribution in [3.63, 3.8) is 0 Å². The Hall–Kier alpha value is -1.65. The predicted molar refractivity (Wildman–Crippen MR) is 75.7 cm³/mol. The summed E-state index contributed by atoms with van der Waals surface area (Å²) in [6.07, 6.45) is 0.848. The highest BCUT2D eigenvalue weighted by Crippen LogP contribution is 2.21. The fourth-order valence-corrected chi connectivity index (χ4v) is 3.01. The average Bonchev–Trinajstić information content (AvgIpc) is 2.96. The van der Waals surface area contributed by atoms with Crippen molar-refractivity contribution in [3.05, 3.63) is 52.0 Å². The number of benzene rings is 1. The van der Waals surface area contributed by atoms with Gasteiger partial charge in [-0.1, -0.05) is 12.1 Å². The van der Waals surface area contributed by atoms with Crippen LogP contribution in [0, 0.1) is 0 Å². The van der Waals surface area contributed by atoms with Gasteiger partial charge in [-0.15, -0.1) is 11.3 Å². The van der Waals surface area contributed by atoms with Crippen molar-refractivity contribution >= 4 is 22.4 Å². The molecule has 0 amide bonds. The van der Waals surface area contributed by atoms with Crippen LogP contribution in [-0.4, -0.2) is 9.55 Å². The Labute approximate surface area is 110 Å². The quantitative estimate of drug-likeness (QED) is 0.784. The van der Waals surface area contributed by atoms with Gasteiger partial charge in [-0.2, -0.15) is 0 Å². The molecule has 0 radical (unpaired) electrons. The van der Waals surface area contributed by atoms with E-state index in [-0.39, 0.29) is 0 Å². The summed E-state index contributed by atoms with van der Waals surface area (Å²) in [6.45, 7) is 0.608. The van der Waals surface area contributed by atoms with E-state index in [1.165, 1.54) is 16.0 Å². The van der Waals surface area contributed by atoms with Gasteiger partial charge in [-0.25, -0.2) is 4.98 Å². The molecule has 3 rings (SSSR count). The van der Waals surface area contributed by atoms with E-state index in [4.69, 9.17) is 5.73 Å². The summed E-state index contributed by atoms with van der Waals surface area (Å²) in [5.41, 5.74) is 9.27. The molecule has 0 atom stereocenters. The molecule has 2 aromatic heterocycles. The van der Waals surface area contributed by atoms with Crippen LogP contribution in [0.3, 0.4) is 0 Å². The van der Waals surface area contributed by atoms with Crippen molar-refractivity contribution in [3.8, 4) is 0 Å². The second kappa shape index (κ2) is 4.55. The fraction of sp³-hybridized carbons (Fsp3) is 0.214. The maximum absolute atomic E-state index is 5.75. The Balaban J connectivity index is 2.02. The number of thiophene rings is 1. The molecule has 92 valence electrons. The second-order valence-corrected chi connectivity index (χ2v) is 5.33. The third kappa shape index (κ3) is 1.83. The summed E-state index contributed by atoms with van der Waals surface area (Å²) in [5.74, 6) is 1.09. The molecule has 0 fully saturated rings. The van der Waals surface area contributed by atoms with E-state index in [1.807, 2.05) is 12.1 Å². The number of imidazole rings is 1. The van der Waals surface area contributed by atoms with Crippen LogP contribution in [-0.2, 0) is 20.0 Å². The number of fused-ring (bicyclic) bond motifs is 1. The summed E-state index contributed by atoms with van der Waals surface area (Å²) in [7, 11) is 2.07. The van der Waals surface area contributed by atoms with E-state index >= 15 is 0 Å². The third-order valence-corrected chi connectivity index (χ3v) is 4.24. The molecule has 0 saturated heterocycles. The number of hydrogen-bond donors (Lipinski definition) is 1. The van der Waals surface area contributed by atoms with E-state index in [0.717, 1.165) is 17.8 Å². The van der Waals surface area contributed by atoms with Gasteiger partial charge in [0.2, 0.25) is 0 Å². The molecule has 2 N–H and O–H groups in total. The molecular formula is C14H15N3S. The fourth-order valence-electron chi connectivity index (χ4n) is 2.23. The van der Waals surface area contributed by atoms with Crippen molar-refractivity contribution in [1.29, 1.82) is 0 Å². The predicted octanol–water partition coefficient (Wildman–Crippen LogP) is 2.68. The van der Waals surface area contributed by atoms with Gasteiger partial charge in [0.1, 0.15) is 5.82 Å². The Bertz CT molecular complexity index is 681. The molecule has 1 aromatic carbocycles. The van der Waals surface area contributed by atoms with Crippen LogP contribution >= 0.6 is 11.3 Å². The zero-order chi connectivity index (χ0) is 12.5. The van der Waals surface area contributed by atoms with Gasteiger partial charge >= 0.3 is 0 Å². The van der Waals surface area contributed by atoms with E-state index in [1.54, 1.807) is 11.3 Å². The Kier molecular flexibility index (Phi) is 2.89. The van der Waals surface area contributed by atoms with Crippen molar-refractivity contribution in [2.24, 2.45) is 12.8 Å². The number of nitrogens with zero attached hydrogens (tertiary/aromatic N) is 2. The van der Waals surface area contributed by atoms with Crippen LogP contribution in [0.5, 0.6) is 0 Å². The molecule has 3 aromatic rings. The van der Waals surface area contributed by atoms with E-state index in [2.05, 4.69) is 40.2 Å². The van der Waals surface area contributed by atoms with Crippen molar-refractivity contribution in [1.82, 2.24) is 9.55 Å². The molecule has 18 heavy (non-hydrogen) atoms. The van der Waals surface area contributed by atoms with E-state index < -0.39 is 0 Å². The van der Waals surface area contributed by atoms with Crippen LogP contribution in [0.25, 0.3) is 11.0 Å². The number of aromatic nitrogens is 2. The molecular weight excluding hydrogens is 242 g/mol. The number of hydrogen-bond acceptors (Lipinski definition) is 3. The Morgan fingerprint density at radius 3 is 2.89 bits per heavy atom. The number of aryl methyl sites for hydroxylation is 1. The Morgan fingerprint density at radius 1 is 1.28 bits per heavy atom. The van der Waals surface area contributed by atoms with Crippen LogP contribution < -0.4 is 5.73 Å². The lowest BCUT2D eigenvalue weighted by Crippen LogP contribution is -2.02. The smallest absolute Gasteiger partial charge is 0.114 e. The first-order chi connectivity index (χ1) is 8.79. The van der Waals surface area contributed by atoms with Gasteiger partial charge in [0.25, 0.3) is 0 Å². The van der Waals surface area contributed by atoms with Crippen LogP contribution in [0.1, 0.15) is 16.3 Å². The SMILES string of the molecule is Cn1c(Cc2ccsc2CN)nc2ccccc21.